The quantitative estimate of drug-likeness (QED) is 0.253. The van der Waals surface area contributed by atoms with E-state index in [4.69, 9.17) is 9.47 Å². The van der Waals surface area contributed by atoms with Crippen LogP contribution in [0.25, 0.3) is 0 Å². The van der Waals surface area contributed by atoms with Crippen LogP contribution < -0.4 is 0 Å². The van der Waals surface area contributed by atoms with Gasteiger partial charge in [0.05, 0.1) is 24.2 Å². The molecule has 9 heteroatoms. The average Bonchev–Trinajstić information content (AvgIpc) is 2.78. The zero-order valence-corrected chi connectivity index (χ0v) is 22.6. The van der Waals surface area contributed by atoms with Crippen LogP contribution in [-0.4, -0.2) is 76.1 Å². The molecule has 33 heavy (non-hydrogen) atoms. The monoisotopic (exact) mass is 546 g/mol. The van der Waals surface area contributed by atoms with E-state index >= 15 is 0 Å². The van der Waals surface area contributed by atoms with Crippen LogP contribution in [0, 0.1) is 0 Å². The van der Waals surface area contributed by atoms with Crippen LogP contribution >= 0.6 is 15.9 Å². The number of rotatable bonds is 14. The average molecular weight is 548 g/mol. The SMILES string of the molecule is CCOC(=O)CN(C)CCCCCCO[C@H]1CC[C@H](N(C)S(=O)(=O)c2ccc(Br)cc2)CC1. The van der Waals surface area contributed by atoms with Crippen LogP contribution in [0.5, 0.6) is 0 Å². The van der Waals surface area contributed by atoms with Crippen molar-refractivity contribution in [3.8, 4) is 0 Å². The Hall–Kier alpha value is -1.00. The van der Waals surface area contributed by atoms with E-state index in [1.807, 2.05) is 18.9 Å². The largest absolute Gasteiger partial charge is 0.465 e. The molecule has 0 radical (unpaired) electrons. The lowest BCUT2D eigenvalue weighted by Gasteiger charge is -2.34. The van der Waals surface area contributed by atoms with Gasteiger partial charge < -0.3 is 9.47 Å². The second-order valence-electron chi connectivity index (χ2n) is 8.73. The van der Waals surface area contributed by atoms with Gasteiger partial charge in [-0.05, 0) is 83.3 Å². The highest BCUT2D eigenvalue weighted by atomic mass is 79.9. The highest BCUT2D eigenvalue weighted by Gasteiger charge is 2.31. The number of esters is 1. The molecule has 2 rings (SSSR count). The molecular formula is C24H39BrN2O5S. The standard InChI is InChI=1S/C24H39BrN2O5S/c1-4-31-24(28)19-26(2)17-7-5-6-8-18-32-22-13-11-21(12-14-22)27(3)33(29,30)23-15-9-20(25)10-16-23/h9-10,15-16,21-22H,4-8,11-14,17-19H2,1-3H3/t21-,22-. The molecule has 1 aliphatic carbocycles. The number of nitrogens with zero attached hydrogens (tertiary/aromatic N) is 2. The Labute approximate surface area is 208 Å². The van der Waals surface area contributed by atoms with Gasteiger partial charge in [0, 0.05) is 24.2 Å². The minimum absolute atomic E-state index is 0.0186. The first-order chi connectivity index (χ1) is 15.7. The van der Waals surface area contributed by atoms with Crippen LogP contribution in [0.2, 0.25) is 0 Å². The third kappa shape index (κ3) is 9.64. The lowest BCUT2D eigenvalue weighted by molar-refractivity contribution is -0.144. The minimum Gasteiger partial charge on any atom is -0.465 e. The Kier molecular flexibility index (Phi) is 12.3. The summed E-state index contributed by atoms with van der Waals surface area (Å²) in [6.07, 6.45) is 7.96. The number of carbonyl (C=O) groups is 1. The van der Waals surface area contributed by atoms with Gasteiger partial charge in [-0.1, -0.05) is 28.8 Å². The lowest BCUT2D eigenvalue weighted by atomic mass is 9.93. The summed E-state index contributed by atoms with van der Waals surface area (Å²) in [5.74, 6) is -0.166. The summed E-state index contributed by atoms with van der Waals surface area (Å²) in [6.45, 7) is 4.23. The molecule has 0 atom stereocenters. The molecule has 1 saturated carbocycles. The first kappa shape index (κ1) is 28.2. The first-order valence-corrected chi connectivity index (χ1v) is 14.2. The molecule has 0 spiro atoms. The summed E-state index contributed by atoms with van der Waals surface area (Å²) < 4.78 is 39.2. The van der Waals surface area contributed by atoms with Crippen molar-refractivity contribution in [1.82, 2.24) is 9.21 Å². The highest BCUT2D eigenvalue weighted by Crippen LogP contribution is 2.28. The molecular weight excluding hydrogens is 508 g/mol. The Bertz CT molecular complexity index is 811. The highest BCUT2D eigenvalue weighted by molar-refractivity contribution is 9.10. The van der Waals surface area contributed by atoms with Gasteiger partial charge >= 0.3 is 5.97 Å². The fourth-order valence-corrected chi connectivity index (χ4v) is 5.82. The maximum Gasteiger partial charge on any atom is 0.320 e. The van der Waals surface area contributed by atoms with Crippen molar-refractivity contribution in [2.75, 3.05) is 40.4 Å². The van der Waals surface area contributed by atoms with Crippen molar-refractivity contribution in [3.63, 3.8) is 0 Å². The van der Waals surface area contributed by atoms with E-state index in [1.54, 1.807) is 31.3 Å². The summed E-state index contributed by atoms with van der Waals surface area (Å²) >= 11 is 3.35. The van der Waals surface area contributed by atoms with Crippen LogP contribution in [0.15, 0.2) is 33.6 Å². The summed E-state index contributed by atoms with van der Waals surface area (Å²) in [4.78, 5) is 13.8. The number of carbonyl (C=O) groups excluding carboxylic acids is 1. The molecule has 0 aromatic heterocycles. The zero-order valence-electron chi connectivity index (χ0n) is 20.2. The summed E-state index contributed by atoms with van der Waals surface area (Å²) in [5, 5.41) is 0. The molecule has 0 saturated heterocycles. The molecule has 7 nitrogen and oxygen atoms in total. The first-order valence-electron chi connectivity index (χ1n) is 11.9. The Morgan fingerprint density at radius 1 is 1.03 bits per heavy atom. The van der Waals surface area contributed by atoms with E-state index in [2.05, 4.69) is 15.9 Å². The molecule has 1 aliphatic rings. The molecule has 0 aliphatic heterocycles. The third-order valence-electron chi connectivity index (χ3n) is 6.14. The number of benzene rings is 1. The van der Waals surface area contributed by atoms with Crippen molar-refractivity contribution in [2.45, 2.75) is 75.3 Å². The van der Waals surface area contributed by atoms with Crippen molar-refractivity contribution in [3.05, 3.63) is 28.7 Å². The van der Waals surface area contributed by atoms with E-state index in [-0.39, 0.29) is 18.1 Å². The van der Waals surface area contributed by atoms with Crippen LogP contribution in [0.4, 0.5) is 0 Å². The Morgan fingerprint density at radius 2 is 1.67 bits per heavy atom. The van der Waals surface area contributed by atoms with Gasteiger partial charge in [0.15, 0.2) is 0 Å². The van der Waals surface area contributed by atoms with Gasteiger partial charge in [0.1, 0.15) is 0 Å². The van der Waals surface area contributed by atoms with Crippen molar-refractivity contribution >= 4 is 31.9 Å². The summed E-state index contributed by atoms with van der Waals surface area (Å²) in [7, 11) is 0.154. The van der Waals surface area contributed by atoms with E-state index < -0.39 is 10.0 Å². The number of hydrogen-bond acceptors (Lipinski definition) is 6. The fraction of sp³-hybridized carbons (Fsp3) is 0.708. The van der Waals surface area contributed by atoms with Crippen molar-refractivity contribution in [1.29, 1.82) is 0 Å². The molecule has 1 aromatic carbocycles. The van der Waals surface area contributed by atoms with Gasteiger partial charge in [-0.3, -0.25) is 9.69 Å². The topological polar surface area (TPSA) is 76.2 Å². The van der Waals surface area contributed by atoms with Gasteiger partial charge in [-0.15, -0.1) is 0 Å². The van der Waals surface area contributed by atoms with Gasteiger partial charge in [0.25, 0.3) is 0 Å². The third-order valence-corrected chi connectivity index (χ3v) is 8.59. The van der Waals surface area contributed by atoms with Crippen LogP contribution in [0.3, 0.4) is 0 Å². The molecule has 0 bridgehead atoms. The number of ether oxygens (including phenoxy) is 2. The normalized spacial score (nSPS) is 19.2. The Morgan fingerprint density at radius 3 is 2.30 bits per heavy atom. The number of sulfonamides is 1. The number of unbranched alkanes of at least 4 members (excludes halogenated alkanes) is 3. The lowest BCUT2D eigenvalue weighted by Crippen LogP contribution is -2.40. The number of halogens is 1. The van der Waals surface area contributed by atoms with E-state index in [9.17, 15) is 13.2 Å². The number of hydrogen-bond donors (Lipinski definition) is 0. The van der Waals surface area contributed by atoms with Crippen molar-refractivity contribution < 1.29 is 22.7 Å². The second kappa shape index (κ2) is 14.4. The van der Waals surface area contributed by atoms with Gasteiger partial charge in [-0.2, -0.15) is 4.31 Å². The zero-order chi connectivity index (χ0) is 24.3. The smallest absolute Gasteiger partial charge is 0.320 e. The van der Waals surface area contributed by atoms with Crippen molar-refractivity contribution in [2.24, 2.45) is 0 Å². The summed E-state index contributed by atoms with van der Waals surface area (Å²) in [5.41, 5.74) is 0. The Balaban J connectivity index is 1.58. The maximum atomic E-state index is 12.9. The minimum atomic E-state index is -3.48. The molecule has 1 fully saturated rings. The number of likely N-dealkylation sites (N-methyl/N-ethyl adjacent to an activating group) is 1. The molecule has 0 amide bonds. The summed E-state index contributed by atoms with van der Waals surface area (Å²) in [6, 6.07) is 6.82. The molecule has 188 valence electrons. The van der Waals surface area contributed by atoms with E-state index in [0.29, 0.717) is 18.0 Å². The molecule has 0 unspecified atom stereocenters. The van der Waals surface area contributed by atoms with Gasteiger partial charge in [0.2, 0.25) is 10.0 Å². The predicted molar refractivity (Wildman–Crippen MR) is 134 cm³/mol. The molecule has 0 N–H and O–H groups in total. The molecule has 0 heterocycles. The van der Waals surface area contributed by atoms with Crippen LogP contribution in [0.1, 0.15) is 58.3 Å². The molecule has 1 aromatic rings. The fourth-order valence-electron chi connectivity index (χ4n) is 4.14. The van der Waals surface area contributed by atoms with Crippen LogP contribution in [-0.2, 0) is 24.3 Å². The van der Waals surface area contributed by atoms with E-state index in [0.717, 1.165) is 69.0 Å². The second-order valence-corrected chi connectivity index (χ2v) is 11.6. The van der Waals surface area contributed by atoms with Gasteiger partial charge in [-0.25, -0.2) is 8.42 Å². The predicted octanol–water partition coefficient (Wildman–Crippen LogP) is 4.45. The maximum absolute atomic E-state index is 12.9. The van der Waals surface area contributed by atoms with E-state index in [1.165, 1.54) is 4.31 Å².